The summed E-state index contributed by atoms with van der Waals surface area (Å²) in [5.74, 6) is 0. The smallest absolute Gasteiger partial charge is 0.175 e. The van der Waals surface area contributed by atoms with Crippen LogP contribution in [0.1, 0.15) is 16.7 Å². The van der Waals surface area contributed by atoms with E-state index < -0.39 is 0 Å². The van der Waals surface area contributed by atoms with Crippen molar-refractivity contribution in [2.24, 2.45) is 4.99 Å². The molecule has 1 heterocycles. The Morgan fingerprint density at radius 2 is 1.52 bits per heavy atom. The van der Waals surface area contributed by atoms with Gasteiger partial charge in [0.2, 0.25) is 0 Å². The molecule has 100 valence electrons. The largest absolute Gasteiger partial charge is 1.00 e. The summed E-state index contributed by atoms with van der Waals surface area (Å²) < 4.78 is 0. The molecule has 0 radical (unpaired) electrons. The minimum absolute atomic E-state index is 0. The van der Waals surface area contributed by atoms with Gasteiger partial charge in [0.1, 0.15) is 6.21 Å². The van der Waals surface area contributed by atoms with Crippen molar-refractivity contribution < 1.29 is 12.4 Å². The number of aliphatic imine (C=N–C) groups is 1. The predicted molar refractivity (Wildman–Crippen MR) is 84.8 cm³/mol. The number of benzene rings is 3. The minimum atomic E-state index is 0. The van der Waals surface area contributed by atoms with Crippen molar-refractivity contribution in [3.63, 3.8) is 0 Å². The second-order valence-corrected chi connectivity index (χ2v) is 4.90. The van der Waals surface area contributed by atoms with Crippen LogP contribution in [0.5, 0.6) is 0 Å². The summed E-state index contributed by atoms with van der Waals surface area (Å²) in [5.41, 5.74) is 4.32. The van der Waals surface area contributed by atoms with Crippen molar-refractivity contribution in [3.8, 4) is 0 Å². The van der Waals surface area contributed by atoms with Crippen LogP contribution in [0, 0.1) is 0 Å². The van der Waals surface area contributed by atoms with Gasteiger partial charge in [-0.3, -0.25) is 0 Å². The van der Waals surface area contributed by atoms with E-state index in [4.69, 9.17) is 0 Å². The third-order valence-electron chi connectivity index (χ3n) is 3.60. The monoisotopic (exact) mass is 289 g/mol. The molecular formula is C19H12ClN. The molecule has 0 saturated heterocycles. The SMILES string of the molecule is [C+]1=NC(c2ccc3ccccc3c2)=Cc2ccccc21.[Cl-]. The van der Waals surface area contributed by atoms with Gasteiger partial charge in [0.05, 0.1) is 11.6 Å². The molecule has 3 aromatic carbocycles. The van der Waals surface area contributed by atoms with E-state index in [0.717, 1.165) is 16.8 Å². The zero-order valence-electron chi connectivity index (χ0n) is 11.3. The molecule has 4 rings (SSSR count). The van der Waals surface area contributed by atoms with Crippen molar-refractivity contribution in [1.82, 2.24) is 0 Å². The number of rotatable bonds is 1. The quantitative estimate of drug-likeness (QED) is 0.604. The molecule has 0 aromatic heterocycles. The van der Waals surface area contributed by atoms with Crippen LogP contribution in [-0.4, -0.2) is 6.21 Å². The Bertz CT molecular complexity index is 862. The minimum Gasteiger partial charge on any atom is -1.00 e. The van der Waals surface area contributed by atoms with Gasteiger partial charge in [-0.1, -0.05) is 35.3 Å². The summed E-state index contributed by atoms with van der Waals surface area (Å²) in [6.07, 6.45) is 5.24. The average molecular weight is 290 g/mol. The van der Waals surface area contributed by atoms with Crippen LogP contribution < -0.4 is 12.4 Å². The lowest BCUT2D eigenvalue weighted by molar-refractivity contribution is -0.00000375. The highest BCUT2D eigenvalue weighted by Gasteiger charge is 2.16. The normalized spacial score (nSPS) is 12.1. The Morgan fingerprint density at radius 1 is 0.762 bits per heavy atom. The van der Waals surface area contributed by atoms with Gasteiger partial charge in [-0.25, -0.2) is 0 Å². The van der Waals surface area contributed by atoms with Gasteiger partial charge in [-0.15, -0.1) is 0 Å². The van der Waals surface area contributed by atoms with Crippen LogP contribution in [-0.2, 0) is 0 Å². The molecule has 0 saturated carbocycles. The van der Waals surface area contributed by atoms with E-state index in [-0.39, 0.29) is 12.4 Å². The molecule has 21 heavy (non-hydrogen) atoms. The number of nitrogens with zero attached hydrogens (tertiary/aromatic N) is 1. The maximum Gasteiger partial charge on any atom is 0.175 e. The van der Waals surface area contributed by atoms with E-state index in [1.807, 2.05) is 18.2 Å². The molecule has 1 aliphatic rings. The third-order valence-corrected chi connectivity index (χ3v) is 3.60. The Labute approximate surface area is 130 Å². The van der Waals surface area contributed by atoms with Gasteiger partial charge in [0, 0.05) is 11.6 Å². The Kier molecular flexibility index (Phi) is 3.53. The lowest BCUT2D eigenvalue weighted by Crippen LogP contribution is -3.00. The first-order chi connectivity index (χ1) is 9.90. The number of halogens is 1. The van der Waals surface area contributed by atoms with Crippen LogP contribution in [0.4, 0.5) is 0 Å². The zero-order valence-corrected chi connectivity index (χ0v) is 12.0. The molecule has 1 aliphatic heterocycles. The van der Waals surface area contributed by atoms with Gasteiger partial charge in [0.15, 0.2) is 11.3 Å². The summed E-state index contributed by atoms with van der Waals surface area (Å²) in [6.45, 7) is 0. The van der Waals surface area contributed by atoms with Crippen LogP contribution in [0.25, 0.3) is 22.5 Å². The molecule has 0 N–H and O–H groups in total. The fourth-order valence-electron chi connectivity index (χ4n) is 2.52. The van der Waals surface area contributed by atoms with Gasteiger partial charge < -0.3 is 12.4 Å². The maximum atomic E-state index is 4.46. The lowest BCUT2D eigenvalue weighted by atomic mass is 10.00. The lowest BCUT2D eigenvalue weighted by Gasteiger charge is -2.03. The number of fused-ring (bicyclic) bond motifs is 2. The molecular weight excluding hydrogens is 278 g/mol. The Balaban J connectivity index is 0.00000132. The first-order valence-corrected chi connectivity index (χ1v) is 6.67. The third kappa shape index (κ3) is 2.45. The summed E-state index contributed by atoms with van der Waals surface area (Å²) >= 11 is 0. The second kappa shape index (κ2) is 5.49. The van der Waals surface area contributed by atoms with Crippen LogP contribution >= 0.6 is 0 Å². The number of hydrogen-bond donors (Lipinski definition) is 0. The predicted octanol–water partition coefficient (Wildman–Crippen LogP) is 1.65. The first-order valence-electron chi connectivity index (χ1n) is 6.67. The van der Waals surface area contributed by atoms with Gasteiger partial charge in [0.25, 0.3) is 0 Å². The molecule has 1 nitrogen and oxygen atoms in total. The van der Waals surface area contributed by atoms with Crippen molar-refractivity contribution in [3.05, 3.63) is 83.4 Å². The molecule has 0 bridgehead atoms. The summed E-state index contributed by atoms with van der Waals surface area (Å²) in [5, 5.41) is 2.49. The van der Waals surface area contributed by atoms with Crippen molar-refractivity contribution in [2.75, 3.05) is 0 Å². The van der Waals surface area contributed by atoms with E-state index in [1.54, 1.807) is 0 Å². The molecule has 2 heteroatoms. The summed E-state index contributed by atoms with van der Waals surface area (Å²) in [4.78, 5) is 4.46. The van der Waals surface area contributed by atoms with E-state index in [1.165, 1.54) is 16.3 Å². The van der Waals surface area contributed by atoms with Crippen LogP contribution in [0.2, 0.25) is 0 Å². The van der Waals surface area contributed by atoms with Crippen molar-refractivity contribution >= 4 is 28.8 Å². The highest BCUT2D eigenvalue weighted by atomic mass is 35.5. The molecule has 0 atom stereocenters. The topological polar surface area (TPSA) is 12.4 Å². The van der Waals surface area contributed by atoms with Gasteiger partial charge in [-0.2, -0.15) is 0 Å². The van der Waals surface area contributed by atoms with Gasteiger partial charge >= 0.3 is 0 Å². The average Bonchev–Trinajstić information content (AvgIpc) is 2.54. The van der Waals surface area contributed by atoms with E-state index in [2.05, 4.69) is 65.8 Å². The van der Waals surface area contributed by atoms with E-state index in [9.17, 15) is 0 Å². The standard InChI is InChI=1S/C19H12N.ClH/c1-2-6-15-11-17(10-9-14(15)5-1)19-12-16-7-3-4-8-18(16)13-20-19;/h1-12H;1H/q+1;/p-1. The molecule has 0 amide bonds. The summed E-state index contributed by atoms with van der Waals surface area (Å²) in [6, 6.07) is 23.0. The first kappa shape index (κ1) is 13.5. The Hall–Kier alpha value is -2.47. The number of hydrogen-bond acceptors (Lipinski definition) is 1. The molecule has 0 aliphatic carbocycles. The fourth-order valence-corrected chi connectivity index (χ4v) is 2.52. The fraction of sp³-hybridized carbons (Fsp3) is 0. The van der Waals surface area contributed by atoms with Crippen LogP contribution in [0.3, 0.4) is 0 Å². The summed E-state index contributed by atoms with van der Waals surface area (Å²) in [7, 11) is 0. The molecule has 0 fully saturated rings. The van der Waals surface area contributed by atoms with E-state index >= 15 is 0 Å². The van der Waals surface area contributed by atoms with Crippen molar-refractivity contribution in [2.45, 2.75) is 0 Å². The molecule has 0 spiro atoms. The highest BCUT2D eigenvalue weighted by Crippen LogP contribution is 2.27. The highest BCUT2D eigenvalue weighted by molar-refractivity contribution is 5.99. The zero-order chi connectivity index (χ0) is 13.4. The van der Waals surface area contributed by atoms with E-state index in [0.29, 0.717) is 0 Å². The molecule has 0 unspecified atom stereocenters. The maximum absolute atomic E-state index is 4.46. The second-order valence-electron chi connectivity index (χ2n) is 4.90. The van der Waals surface area contributed by atoms with Gasteiger partial charge in [-0.05, 0) is 41.1 Å². The van der Waals surface area contributed by atoms with Crippen molar-refractivity contribution in [1.29, 1.82) is 0 Å². The Morgan fingerprint density at radius 3 is 2.43 bits per heavy atom. The molecule has 3 aromatic rings. The van der Waals surface area contributed by atoms with Crippen LogP contribution in [0.15, 0.2) is 71.7 Å².